The summed E-state index contributed by atoms with van der Waals surface area (Å²) in [7, 11) is 0. The number of aryl methyl sites for hydroxylation is 1. The molecular formula is C34H34N6O2. The van der Waals surface area contributed by atoms with Crippen molar-refractivity contribution in [2.75, 3.05) is 5.32 Å². The Bertz CT molecular complexity index is 1710. The molecule has 0 radical (unpaired) electrons. The highest BCUT2D eigenvalue weighted by atomic mass is 16.2. The zero-order chi connectivity index (χ0) is 29.1. The molecule has 1 atom stereocenters. The second-order valence-corrected chi connectivity index (χ2v) is 11.0. The van der Waals surface area contributed by atoms with Crippen LogP contribution in [0.1, 0.15) is 66.7 Å². The maximum Gasteiger partial charge on any atom is 0.251 e. The first-order valence-corrected chi connectivity index (χ1v) is 14.5. The number of amides is 2. The second kappa shape index (κ2) is 11.9. The lowest BCUT2D eigenvalue weighted by Gasteiger charge is -2.22. The maximum absolute atomic E-state index is 13.2. The third-order valence-electron chi connectivity index (χ3n) is 7.97. The average molecular weight is 559 g/mol. The molecule has 3 heterocycles. The van der Waals surface area contributed by atoms with Crippen LogP contribution in [0.4, 0.5) is 5.69 Å². The third-order valence-corrected chi connectivity index (χ3v) is 7.97. The van der Waals surface area contributed by atoms with Gasteiger partial charge in [-0.2, -0.15) is 5.10 Å². The van der Waals surface area contributed by atoms with Gasteiger partial charge < -0.3 is 10.6 Å². The summed E-state index contributed by atoms with van der Waals surface area (Å²) in [4.78, 5) is 35.0. The average Bonchev–Trinajstić information content (AvgIpc) is 3.41. The van der Waals surface area contributed by atoms with Crippen LogP contribution < -0.4 is 10.6 Å². The first-order chi connectivity index (χ1) is 20.5. The van der Waals surface area contributed by atoms with Crippen LogP contribution in [0, 0.1) is 6.92 Å². The van der Waals surface area contributed by atoms with E-state index >= 15 is 0 Å². The molecule has 3 aromatic heterocycles. The van der Waals surface area contributed by atoms with Crippen LogP contribution in [0.3, 0.4) is 0 Å². The zero-order valence-electron chi connectivity index (χ0n) is 23.9. The van der Waals surface area contributed by atoms with Crippen molar-refractivity contribution >= 4 is 28.4 Å². The van der Waals surface area contributed by atoms with Crippen LogP contribution in [0.15, 0.2) is 85.2 Å². The lowest BCUT2D eigenvalue weighted by Crippen LogP contribution is -2.41. The second-order valence-electron chi connectivity index (χ2n) is 11.0. The Labute approximate surface area is 245 Å². The standard InChI is InChI=1S/C34H34N6O2/c1-22-11-12-27(21-36-22)24-13-16-28(17-14-24)38-33(41)23(2)37-34(42)26-15-18-29-30(20-26)39-40(31-10-6-7-19-35-31)32(29)25-8-4-3-5-9-25/h6-7,10-21,23,25H,3-5,8-9H2,1-2H3,(H,37,42)(H,38,41)/t23-/m1/s1. The molecule has 212 valence electrons. The van der Waals surface area contributed by atoms with Gasteiger partial charge in [-0.1, -0.05) is 49.6 Å². The fraction of sp³-hybridized carbons (Fsp3) is 0.265. The van der Waals surface area contributed by atoms with Gasteiger partial charge >= 0.3 is 0 Å². The van der Waals surface area contributed by atoms with E-state index in [4.69, 9.17) is 5.10 Å². The number of hydrogen-bond donors (Lipinski definition) is 2. The van der Waals surface area contributed by atoms with Crippen LogP contribution in [0.5, 0.6) is 0 Å². The minimum atomic E-state index is -0.738. The van der Waals surface area contributed by atoms with Gasteiger partial charge in [-0.25, -0.2) is 9.67 Å². The number of benzene rings is 2. The highest BCUT2D eigenvalue weighted by Crippen LogP contribution is 2.37. The van der Waals surface area contributed by atoms with Gasteiger partial charge in [0.25, 0.3) is 5.91 Å². The topological polar surface area (TPSA) is 102 Å². The monoisotopic (exact) mass is 558 g/mol. The summed E-state index contributed by atoms with van der Waals surface area (Å²) in [5.41, 5.74) is 5.99. The Morgan fingerprint density at radius 2 is 1.69 bits per heavy atom. The molecule has 1 aliphatic rings. The van der Waals surface area contributed by atoms with Gasteiger partial charge in [0.05, 0.1) is 11.2 Å². The Balaban J connectivity index is 1.16. The lowest BCUT2D eigenvalue weighted by molar-refractivity contribution is -0.117. The lowest BCUT2D eigenvalue weighted by atomic mass is 9.85. The molecule has 2 N–H and O–H groups in total. The summed E-state index contributed by atoms with van der Waals surface area (Å²) in [6.07, 6.45) is 9.51. The van der Waals surface area contributed by atoms with Crippen LogP contribution in [0.2, 0.25) is 0 Å². The number of fused-ring (bicyclic) bond motifs is 1. The van der Waals surface area contributed by atoms with E-state index in [0.717, 1.165) is 52.1 Å². The highest BCUT2D eigenvalue weighted by Gasteiger charge is 2.25. The zero-order valence-corrected chi connectivity index (χ0v) is 23.9. The van der Waals surface area contributed by atoms with Gasteiger partial charge in [-0.15, -0.1) is 0 Å². The highest BCUT2D eigenvalue weighted by molar-refractivity contribution is 6.02. The van der Waals surface area contributed by atoms with E-state index in [1.807, 2.05) is 84.5 Å². The van der Waals surface area contributed by atoms with Crippen LogP contribution in [0.25, 0.3) is 27.8 Å². The molecule has 0 unspecified atom stereocenters. The third kappa shape index (κ3) is 5.79. The summed E-state index contributed by atoms with van der Waals surface area (Å²) in [5, 5.41) is 11.7. The van der Waals surface area contributed by atoms with Crippen molar-refractivity contribution in [2.24, 2.45) is 0 Å². The van der Waals surface area contributed by atoms with Gasteiger partial charge in [0, 0.05) is 46.2 Å². The number of carbonyl (C=O) groups is 2. The molecule has 0 aliphatic heterocycles. The van der Waals surface area contributed by atoms with Crippen LogP contribution >= 0.6 is 0 Å². The van der Waals surface area contributed by atoms with Gasteiger partial charge in [0.1, 0.15) is 6.04 Å². The number of pyridine rings is 2. The minimum Gasteiger partial charge on any atom is -0.341 e. The predicted octanol–water partition coefficient (Wildman–Crippen LogP) is 6.60. The molecule has 1 fully saturated rings. The van der Waals surface area contributed by atoms with Crippen molar-refractivity contribution in [1.29, 1.82) is 0 Å². The van der Waals surface area contributed by atoms with Gasteiger partial charge in [0.2, 0.25) is 5.91 Å². The first kappa shape index (κ1) is 27.3. The summed E-state index contributed by atoms with van der Waals surface area (Å²) < 4.78 is 1.94. The van der Waals surface area contributed by atoms with E-state index in [9.17, 15) is 9.59 Å². The van der Waals surface area contributed by atoms with Crippen molar-refractivity contribution in [2.45, 2.75) is 57.9 Å². The molecule has 8 heteroatoms. The van der Waals surface area contributed by atoms with E-state index in [0.29, 0.717) is 17.2 Å². The molecule has 6 rings (SSSR count). The normalized spacial score (nSPS) is 14.4. The number of carbonyl (C=O) groups excluding carboxylic acids is 2. The largest absolute Gasteiger partial charge is 0.341 e. The first-order valence-electron chi connectivity index (χ1n) is 14.5. The summed E-state index contributed by atoms with van der Waals surface area (Å²) in [6, 6.07) is 22.2. The number of anilines is 1. The number of nitrogens with one attached hydrogen (secondary N) is 2. The van der Waals surface area contributed by atoms with Crippen molar-refractivity contribution < 1.29 is 9.59 Å². The number of rotatable bonds is 7. The van der Waals surface area contributed by atoms with Gasteiger partial charge in [0.15, 0.2) is 5.82 Å². The Kier molecular flexibility index (Phi) is 7.77. The van der Waals surface area contributed by atoms with Gasteiger partial charge in [-0.05, 0) is 74.7 Å². The number of nitrogens with zero attached hydrogens (tertiary/aromatic N) is 4. The molecule has 2 amide bonds. The van der Waals surface area contributed by atoms with Crippen molar-refractivity contribution in [1.82, 2.24) is 25.1 Å². The van der Waals surface area contributed by atoms with E-state index in [1.54, 1.807) is 19.2 Å². The SMILES string of the molecule is Cc1ccc(-c2ccc(NC(=O)[C@@H](C)NC(=O)c3ccc4c(C5CCCCC5)n(-c5ccccn5)nc4c3)cc2)cn1. The molecular weight excluding hydrogens is 524 g/mol. The predicted molar refractivity (Wildman–Crippen MR) is 165 cm³/mol. The molecule has 5 aromatic rings. The number of aromatic nitrogens is 4. The minimum absolute atomic E-state index is 0.298. The number of hydrogen-bond acceptors (Lipinski definition) is 5. The van der Waals surface area contributed by atoms with E-state index < -0.39 is 6.04 Å². The Hall–Kier alpha value is -4.85. The van der Waals surface area contributed by atoms with E-state index in [1.165, 1.54) is 19.3 Å². The van der Waals surface area contributed by atoms with E-state index in [-0.39, 0.29) is 11.8 Å². The molecule has 8 nitrogen and oxygen atoms in total. The Morgan fingerprint density at radius 3 is 2.40 bits per heavy atom. The smallest absolute Gasteiger partial charge is 0.251 e. The van der Waals surface area contributed by atoms with E-state index in [2.05, 4.69) is 20.6 Å². The summed E-state index contributed by atoms with van der Waals surface area (Å²) >= 11 is 0. The van der Waals surface area contributed by atoms with Gasteiger partial charge in [-0.3, -0.25) is 14.6 Å². The fourth-order valence-electron chi connectivity index (χ4n) is 5.65. The fourth-order valence-corrected chi connectivity index (χ4v) is 5.65. The molecule has 1 saturated carbocycles. The molecule has 1 aliphatic carbocycles. The Morgan fingerprint density at radius 1 is 0.905 bits per heavy atom. The van der Waals surface area contributed by atoms with Crippen molar-refractivity contribution in [3.05, 3.63) is 102 Å². The molecule has 42 heavy (non-hydrogen) atoms. The van der Waals surface area contributed by atoms with Crippen molar-refractivity contribution in [3.63, 3.8) is 0 Å². The molecule has 0 spiro atoms. The summed E-state index contributed by atoms with van der Waals surface area (Å²) in [5.74, 6) is 0.549. The van der Waals surface area contributed by atoms with Crippen LogP contribution in [-0.4, -0.2) is 37.6 Å². The maximum atomic E-state index is 13.2. The quantitative estimate of drug-likeness (QED) is 0.234. The molecule has 0 saturated heterocycles. The molecule has 2 aromatic carbocycles. The molecule has 0 bridgehead atoms. The summed E-state index contributed by atoms with van der Waals surface area (Å²) in [6.45, 7) is 3.63. The van der Waals surface area contributed by atoms with Crippen molar-refractivity contribution in [3.8, 4) is 16.9 Å². The van der Waals surface area contributed by atoms with Crippen LogP contribution in [-0.2, 0) is 4.79 Å².